The lowest BCUT2D eigenvalue weighted by Crippen LogP contribution is -2.37. The molecule has 0 spiro atoms. The number of nitrogens with zero attached hydrogens (tertiary/aromatic N) is 2. The highest BCUT2D eigenvalue weighted by atomic mass is 79.9. The van der Waals surface area contributed by atoms with Gasteiger partial charge in [-0.25, -0.2) is 0 Å². The van der Waals surface area contributed by atoms with Gasteiger partial charge in [0.25, 0.3) is 5.91 Å². The third-order valence-corrected chi connectivity index (χ3v) is 5.11. The van der Waals surface area contributed by atoms with Crippen LogP contribution in [0.1, 0.15) is 21.6 Å². The van der Waals surface area contributed by atoms with Crippen LogP contribution in [0.2, 0.25) is 0 Å². The number of hydrogen-bond acceptors (Lipinski definition) is 3. The molecule has 130 valence electrons. The Bertz CT molecular complexity index is 928. The second kappa shape index (κ2) is 6.69. The molecule has 1 amide bonds. The van der Waals surface area contributed by atoms with E-state index in [1.807, 2.05) is 27.7 Å². The van der Waals surface area contributed by atoms with Gasteiger partial charge in [-0.1, -0.05) is 24.3 Å². The highest BCUT2D eigenvalue weighted by Crippen LogP contribution is 2.29. The molecule has 6 heteroatoms. The predicted octanol–water partition coefficient (Wildman–Crippen LogP) is 3.84. The van der Waals surface area contributed by atoms with Crippen LogP contribution in [0.25, 0.3) is 11.1 Å². The maximum Gasteiger partial charge on any atom is 0.270 e. The van der Waals surface area contributed by atoms with Crippen molar-refractivity contribution in [3.05, 3.63) is 57.9 Å². The van der Waals surface area contributed by atoms with E-state index in [4.69, 9.17) is 9.15 Å². The topological polar surface area (TPSA) is 47.6 Å². The van der Waals surface area contributed by atoms with E-state index in [-0.39, 0.29) is 5.91 Å². The first kappa shape index (κ1) is 16.4. The standard InChI is InChI=1S/C19H19BrN2O3/c1-24-9-8-22-15-11-18(20)25-17(15)10-16(22)19(23)21-7-6-13-4-2-3-5-14(13)12-21/h2-5,10-11H,6-9,12H2,1H3. The number of rotatable bonds is 4. The first-order valence-electron chi connectivity index (χ1n) is 8.31. The van der Waals surface area contributed by atoms with Crippen molar-refractivity contribution in [1.29, 1.82) is 0 Å². The van der Waals surface area contributed by atoms with Crippen molar-refractivity contribution in [2.45, 2.75) is 19.5 Å². The lowest BCUT2D eigenvalue weighted by Gasteiger charge is -2.29. The molecule has 5 nitrogen and oxygen atoms in total. The highest BCUT2D eigenvalue weighted by Gasteiger charge is 2.26. The summed E-state index contributed by atoms with van der Waals surface area (Å²) in [5, 5.41) is 0. The molecular weight excluding hydrogens is 384 g/mol. The molecule has 3 aromatic rings. The number of amides is 1. The van der Waals surface area contributed by atoms with Crippen LogP contribution in [0.3, 0.4) is 0 Å². The molecule has 0 atom stereocenters. The van der Waals surface area contributed by atoms with Crippen LogP contribution in [-0.2, 0) is 24.2 Å². The maximum absolute atomic E-state index is 13.2. The molecule has 1 aliphatic heterocycles. The van der Waals surface area contributed by atoms with Crippen LogP contribution in [0.4, 0.5) is 0 Å². The van der Waals surface area contributed by atoms with E-state index in [1.54, 1.807) is 7.11 Å². The summed E-state index contributed by atoms with van der Waals surface area (Å²) in [5.41, 5.74) is 4.83. The van der Waals surface area contributed by atoms with Gasteiger partial charge < -0.3 is 18.6 Å². The summed E-state index contributed by atoms with van der Waals surface area (Å²) in [4.78, 5) is 15.1. The zero-order chi connectivity index (χ0) is 17.4. The van der Waals surface area contributed by atoms with E-state index in [0.717, 1.165) is 18.5 Å². The third kappa shape index (κ3) is 3.00. The summed E-state index contributed by atoms with van der Waals surface area (Å²) in [5.74, 6) is 0.0353. The molecular formula is C19H19BrN2O3. The number of carbonyl (C=O) groups excluding carboxylic acids is 1. The Labute approximate surface area is 154 Å². The number of carbonyl (C=O) groups is 1. The zero-order valence-corrected chi connectivity index (χ0v) is 15.6. The molecule has 25 heavy (non-hydrogen) atoms. The molecule has 1 aliphatic rings. The Morgan fingerprint density at radius 3 is 2.88 bits per heavy atom. The third-order valence-electron chi connectivity index (χ3n) is 4.72. The Morgan fingerprint density at radius 2 is 2.08 bits per heavy atom. The van der Waals surface area contributed by atoms with E-state index in [9.17, 15) is 4.79 Å². The van der Waals surface area contributed by atoms with Crippen molar-refractivity contribution in [1.82, 2.24) is 9.47 Å². The number of benzene rings is 1. The molecule has 4 rings (SSSR count). The van der Waals surface area contributed by atoms with Gasteiger partial charge >= 0.3 is 0 Å². The summed E-state index contributed by atoms with van der Waals surface area (Å²) < 4.78 is 13.5. The lowest BCUT2D eigenvalue weighted by molar-refractivity contribution is 0.0722. The number of methoxy groups -OCH3 is 1. The van der Waals surface area contributed by atoms with Gasteiger partial charge in [0.05, 0.1) is 12.1 Å². The minimum atomic E-state index is 0.0353. The summed E-state index contributed by atoms with van der Waals surface area (Å²) in [6, 6.07) is 12.0. The SMILES string of the molecule is COCCn1c(C(=O)N2CCc3ccccc3C2)cc2oc(Br)cc21. The van der Waals surface area contributed by atoms with Crippen molar-refractivity contribution in [2.75, 3.05) is 20.3 Å². The normalized spacial score (nSPS) is 14.1. The Kier molecular flexibility index (Phi) is 4.39. The quantitative estimate of drug-likeness (QED) is 0.665. The number of ether oxygens (including phenoxy) is 1. The number of fused-ring (bicyclic) bond motifs is 2. The minimum Gasteiger partial charge on any atom is -0.448 e. The van der Waals surface area contributed by atoms with Gasteiger partial charge in [-0.05, 0) is 33.5 Å². The number of hydrogen-bond donors (Lipinski definition) is 0. The molecule has 0 fully saturated rings. The van der Waals surface area contributed by atoms with Crippen LogP contribution in [0.15, 0.2) is 45.5 Å². The molecule has 0 saturated heterocycles. The second-order valence-corrected chi connectivity index (χ2v) is 7.00. The number of aromatic nitrogens is 1. The van der Waals surface area contributed by atoms with Crippen molar-refractivity contribution in [2.24, 2.45) is 0 Å². The fraction of sp³-hybridized carbons (Fsp3) is 0.316. The van der Waals surface area contributed by atoms with E-state index in [0.29, 0.717) is 35.6 Å². The summed E-state index contributed by atoms with van der Waals surface area (Å²) >= 11 is 3.36. The largest absolute Gasteiger partial charge is 0.448 e. The highest BCUT2D eigenvalue weighted by molar-refractivity contribution is 9.10. The molecule has 0 radical (unpaired) electrons. The monoisotopic (exact) mass is 402 g/mol. The predicted molar refractivity (Wildman–Crippen MR) is 98.7 cm³/mol. The molecule has 2 aromatic heterocycles. The molecule has 3 heterocycles. The maximum atomic E-state index is 13.2. The van der Waals surface area contributed by atoms with Gasteiger partial charge in [0, 0.05) is 38.9 Å². The molecule has 0 unspecified atom stereocenters. The summed E-state index contributed by atoms with van der Waals surface area (Å²) in [6.07, 6.45) is 0.891. The molecule has 0 N–H and O–H groups in total. The van der Waals surface area contributed by atoms with Gasteiger partial charge in [0.15, 0.2) is 10.3 Å². The fourth-order valence-electron chi connectivity index (χ4n) is 3.44. The zero-order valence-electron chi connectivity index (χ0n) is 14.0. The first-order valence-corrected chi connectivity index (χ1v) is 9.10. The molecule has 1 aromatic carbocycles. The van der Waals surface area contributed by atoms with Crippen LogP contribution in [-0.4, -0.2) is 35.6 Å². The molecule has 0 saturated carbocycles. The number of furan rings is 1. The van der Waals surface area contributed by atoms with E-state index >= 15 is 0 Å². The average Bonchev–Trinajstić information content (AvgIpc) is 3.15. The fourth-order valence-corrected chi connectivity index (χ4v) is 3.83. The summed E-state index contributed by atoms with van der Waals surface area (Å²) in [6.45, 7) is 2.53. The van der Waals surface area contributed by atoms with Gasteiger partial charge in [-0.15, -0.1) is 0 Å². The number of halogens is 1. The smallest absolute Gasteiger partial charge is 0.270 e. The van der Waals surface area contributed by atoms with Gasteiger partial charge in [-0.2, -0.15) is 0 Å². The van der Waals surface area contributed by atoms with Crippen molar-refractivity contribution in [3.8, 4) is 0 Å². The first-order chi connectivity index (χ1) is 12.2. The average molecular weight is 403 g/mol. The van der Waals surface area contributed by atoms with E-state index in [1.165, 1.54) is 11.1 Å². The van der Waals surface area contributed by atoms with Crippen LogP contribution < -0.4 is 0 Å². The summed E-state index contributed by atoms with van der Waals surface area (Å²) in [7, 11) is 1.66. The minimum absolute atomic E-state index is 0.0353. The van der Waals surface area contributed by atoms with E-state index in [2.05, 4.69) is 34.1 Å². The lowest BCUT2D eigenvalue weighted by atomic mass is 10.00. The Balaban J connectivity index is 1.67. The Hall–Kier alpha value is -2.05. The van der Waals surface area contributed by atoms with Crippen LogP contribution >= 0.6 is 15.9 Å². The van der Waals surface area contributed by atoms with E-state index < -0.39 is 0 Å². The van der Waals surface area contributed by atoms with Gasteiger partial charge in [0.1, 0.15) is 5.69 Å². The van der Waals surface area contributed by atoms with Crippen LogP contribution in [0.5, 0.6) is 0 Å². The van der Waals surface area contributed by atoms with Crippen molar-refractivity contribution < 1.29 is 13.9 Å². The van der Waals surface area contributed by atoms with Gasteiger partial charge in [0.2, 0.25) is 0 Å². The van der Waals surface area contributed by atoms with Crippen molar-refractivity contribution >= 4 is 32.9 Å². The van der Waals surface area contributed by atoms with Crippen LogP contribution in [0, 0.1) is 0 Å². The Morgan fingerprint density at radius 1 is 1.28 bits per heavy atom. The second-order valence-electron chi connectivity index (χ2n) is 6.22. The molecule has 0 bridgehead atoms. The van der Waals surface area contributed by atoms with Crippen molar-refractivity contribution in [3.63, 3.8) is 0 Å². The molecule has 0 aliphatic carbocycles. The van der Waals surface area contributed by atoms with Gasteiger partial charge in [-0.3, -0.25) is 4.79 Å².